The summed E-state index contributed by atoms with van der Waals surface area (Å²) in [7, 11) is -3.83. The van der Waals surface area contributed by atoms with Gasteiger partial charge in [0.1, 0.15) is 16.8 Å². The Labute approximate surface area is 177 Å². The summed E-state index contributed by atoms with van der Waals surface area (Å²) in [5.74, 6) is -0.515. The molecule has 9 heteroatoms. The van der Waals surface area contributed by atoms with Crippen molar-refractivity contribution < 1.29 is 22.3 Å². The van der Waals surface area contributed by atoms with E-state index >= 15 is 0 Å². The van der Waals surface area contributed by atoms with Gasteiger partial charge in [-0.05, 0) is 60.0 Å². The Kier molecular flexibility index (Phi) is 6.89. The molecule has 1 atom stereocenters. The first-order valence-corrected chi connectivity index (χ1v) is 11.3. The normalized spacial score (nSPS) is 12.3. The molecule has 0 aliphatic carbocycles. The third kappa shape index (κ3) is 5.56. The third-order valence-electron chi connectivity index (χ3n) is 4.05. The van der Waals surface area contributed by atoms with Crippen molar-refractivity contribution in [2.24, 2.45) is 0 Å². The lowest BCUT2D eigenvalue weighted by atomic mass is 10.3. The van der Waals surface area contributed by atoms with E-state index in [0.717, 1.165) is 12.1 Å². The van der Waals surface area contributed by atoms with Crippen LogP contribution in [0.2, 0.25) is 5.02 Å². The molecule has 3 aromatic rings. The molecule has 0 bridgehead atoms. The fraction of sp³-hybridized carbons (Fsp3) is 0.150. The molecule has 152 valence electrons. The molecule has 1 N–H and O–H groups in total. The molecule has 0 radical (unpaired) electrons. The fourth-order valence-electron chi connectivity index (χ4n) is 2.56. The number of hydrogen-bond donors (Lipinski definition) is 1. The van der Waals surface area contributed by atoms with E-state index in [-0.39, 0.29) is 18.0 Å². The Morgan fingerprint density at radius 1 is 1.10 bits per heavy atom. The predicted octanol–water partition coefficient (Wildman–Crippen LogP) is 4.25. The second-order valence-corrected chi connectivity index (χ2v) is 9.60. The van der Waals surface area contributed by atoms with Crippen LogP contribution < -0.4 is 10.1 Å². The smallest absolute Gasteiger partial charge is 0.257 e. The number of hydrogen-bond acceptors (Lipinski definition) is 5. The maximum atomic E-state index is 13.2. The number of thiophene rings is 1. The Morgan fingerprint density at radius 3 is 2.41 bits per heavy atom. The lowest BCUT2D eigenvalue weighted by Gasteiger charge is -2.17. The average Bonchev–Trinajstić information content (AvgIpc) is 3.22. The first-order chi connectivity index (χ1) is 13.9. The molecule has 0 aliphatic heterocycles. The van der Waals surface area contributed by atoms with E-state index in [1.165, 1.54) is 23.5 Å². The highest BCUT2D eigenvalue weighted by atomic mass is 35.5. The van der Waals surface area contributed by atoms with Crippen molar-refractivity contribution in [2.45, 2.75) is 10.1 Å². The van der Waals surface area contributed by atoms with E-state index in [1.807, 2.05) is 0 Å². The highest BCUT2D eigenvalue weighted by molar-refractivity contribution is 7.91. The van der Waals surface area contributed by atoms with Gasteiger partial charge >= 0.3 is 0 Å². The Hall–Kier alpha value is -2.42. The fourth-order valence-corrected chi connectivity index (χ4v) is 5.47. The zero-order valence-electron chi connectivity index (χ0n) is 15.0. The maximum absolute atomic E-state index is 13.2. The molecule has 5 nitrogen and oxygen atoms in total. The van der Waals surface area contributed by atoms with Crippen molar-refractivity contribution in [1.29, 1.82) is 0 Å². The highest BCUT2D eigenvalue weighted by Crippen LogP contribution is 2.31. The van der Waals surface area contributed by atoms with Crippen molar-refractivity contribution in [2.75, 3.05) is 13.2 Å². The van der Waals surface area contributed by atoms with Gasteiger partial charge in [-0.25, -0.2) is 12.8 Å². The zero-order chi connectivity index (χ0) is 20.9. The third-order valence-corrected chi connectivity index (χ3v) is 7.53. The number of amides is 1. The predicted molar refractivity (Wildman–Crippen MR) is 111 cm³/mol. The second kappa shape index (κ2) is 9.39. The lowest BCUT2D eigenvalue weighted by Crippen LogP contribution is -2.34. The van der Waals surface area contributed by atoms with Crippen LogP contribution >= 0.6 is 22.9 Å². The molecule has 0 saturated heterocycles. The molecule has 0 aliphatic rings. The molecular weight excluding hydrogens is 437 g/mol. The van der Waals surface area contributed by atoms with Crippen LogP contribution in [0, 0.1) is 5.82 Å². The summed E-state index contributed by atoms with van der Waals surface area (Å²) in [4.78, 5) is 12.7. The lowest BCUT2D eigenvalue weighted by molar-refractivity contribution is -0.123. The molecule has 0 spiro atoms. The van der Waals surface area contributed by atoms with Crippen LogP contribution in [0.5, 0.6) is 5.75 Å². The van der Waals surface area contributed by atoms with Gasteiger partial charge in [0.25, 0.3) is 5.91 Å². The van der Waals surface area contributed by atoms with E-state index in [4.69, 9.17) is 16.3 Å². The van der Waals surface area contributed by atoms with Gasteiger partial charge in [0, 0.05) is 16.4 Å². The molecule has 0 saturated carbocycles. The molecule has 1 aromatic heterocycles. The van der Waals surface area contributed by atoms with E-state index in [0.29, 0.717) is 15.6 Å². The Balaban J connectivity index is 1.69. The first kappa shape index (κ1) is 21.3. The van der Waals surface area contributed by atoms with Gasteiger partial charge in [-0.1, -0.05) is 17.7 Å². The molecular formula is C20H17ClFNO4S2. The SMILES string of the molecule is O=C(COc1ccc(Cl)cc1)NC[C@@H](c1cccs1)S(=O)(=O)c1ccc(F)cc1. The number of nitrogens with one attached hydrogen (secondary N) is 1. The summed E-state index contributed by atoms with van der Waals surface area (Å²) >= 11 is 7.07. The van der Waals surface area contributed by atoms with Gasteiger partial charge in [0.05, 0.1) is 4.90 Å². The topological polar surface area (TPSA) is 72.5 Å². The number of halogens is 2. The standard InChI is InChI=1S/C20H17ClFNO4S2/c21-14-3-7-16(8-4-14)27-13-20(24)23-12-19(18-2-1-11-28-18)29(25,26)17-9-5-15(22)6-10-17/h1-11,19H,12-13H2,(H,23,24)/t19-/m0/s1. The maximum Gasteiger partial charge on any atom is 0.257 e. The van der Waals surface area contributed by atoms with Crippen molar-refractivity contribution in [3.05, 3.63) is 81.8 Å². The number of carbonyl (C=O) groups is 1. The van der Waals surface area contributed by atoms with Gasteiger partial charge in [0.15, 0.2) is 16.4 Å². The van der Waals surface area contributed by atoms with Crippen molar-refractivity contribution in [1.82, 2.24) is 5.32 Å². The van der Waals surface area contributed by atoms with Crippen LogP contribution in [0.4, 0.5) is 4.39 Å². The molecule has 1 heterocycles. The minimum Gasteiger partial charge on any atom is -0.484 e. The van der Waals surface area contributed by atoms with E-state index in [2.05, 4.69) is 5.32 Å². The van der Waals surface area contributed by atoms with Crippen LogP contribution in [0.25, 0.3) is 0 Å². The summed E-state index contributed by atoms with van der Waals surface area (Å²) in [6, 6.07) is 14.6. The van der Waals surface area contributed by atoms with Crippen LogP contribution in [-0.2, 0) is 14.6 Å². The Morgan fingerprint density at radius 2 is 1.79 bits per heavy atom. The van der Waals surface area contributed by atoms with E-state index < -0.39 is 26.8 Å². The minimum atomic E-state index is -3.83. The average molecular weight is 454 g/mol. The van der Waals surface area contributed by atoms with Crippen LogP contribution in [0.15, 0.2) is 70.9 Å². The van der Waals surface area contributed by atoms with E-state index in [1.54, 1.807) is 41.8 Å². The van der Waals surface area contributed by atoms with Gasteiger partial charge in [-0.15, -0.1) is 11.3 Å². The zero-order valence-corrected chi connectivity index (χ0v) is 17.4. The number of sulfone groups is 1. The summed E-state index contributed by atoms with van der Waals surface area (Å²) in [6.07, 6.45) is 0. The molecule has 29 heavy (non-hydrogen) atoms. The quantitative estimate of drug-likeness (QED) is 0.517. The van der Waals surface area contributed by atoms with Crippen LogP contribution in [0.1, 0.15) is 10.1 Å². The summed E-state index contributed by atoms with van der Waals surface area (Å²) < 4.78 is 44.7. The van der Waals surface area contributed by atoms with Gasteiger partial charge in [-0.3, -0.25) is 4.79 Å². The van der Waals surface area contributed by atoms with Crippen LogP contribution in [-0.4, -0.2) is 27.5 Å². The van der Waals surface area contributed by atoms with Crippen molar-refractivity contribution >= 4 is 38.7 Å². The molecule has 2 aromatic carbocycles. The molecule has 1 amide bonds. The number of rotatable bonds is 8. The largest absolute Gasteiger partial charge is 0.484 e. The summed E-state index contributed by atoms with van der Waals surface area (Å²) in [5, 5.41) is 3.92. The molecule has 0 fully saturated rings. The summed E-state index contributed by atoms with van der Waals surface area (Å²) in [5.41, 5.74) is 0. The highest BCUT2D eigenvalue weighted by Gasteiger charge is 2.30. The number of ether oxygens (including phenoxy) is 1. The Bertz CT molecular complexity index is 1050. The van der Waals surface area contributed by atoms with Crippen LogP contribution in [0.3, 0.4) is 0 Å². The summed E-state index contributed by atoms with van der Waals surface area (Å²) in [6.45, 7) is -0.404. The first-order valence-electron chi connectivity index (χ1n) is 8.54. The van der Waals surface area contributed by atoms with Crippen molar-refractivity contribution in [3.8, 4) is 5.75 Å². The van der Waals surface area contributed by atoms with E-state index in [9.17, 15) is 17.6 Å². The second-order valence-electron chi connectivity index (χ2n) is 6.05. The molecule has 3 rings (SSSR count). The number of benzene rings is 2. The van der Waals surface area contributed by atoms with Gasteiger partial charge in [0.2, 0.25) is 0 Å². The monoisotopic (exact) mass is 453 g/mol. The van der Waals surface area contributed by atoms with Gasteiger partial charge < -0.3 is 10.1 Å². The van der Waals surface area contributed by atoms with Gasteiger partial charge in [-0.2, -0.15) is 0 Å². The van der Waals surface area contributed by atoms with Crippen molar-refractivity contribution in [3.63, 3.8) is 0 Å². The number of carbonyl (C=O) groups excluding carboxylic acids is 1. The molecule has 0 unspecified atom stereocenters. The minimum absolute atomic E-state index is 0.0102.